The summed E-state index contributed by atoms with van der Waals surface area (Å²) in [6.45, 7) is 2.21. The van der Waals surface area contributed by atoms with Crippen molar-refractivity contribution in [2.45, 2.75) is 37.8 Å². The van der Waals surface area contributed by atoms with Crippen LogP contribution in [0.2, 0.25) is 0 Å². The summed E-state index contributed by atoms with van der Waals surface area (Å²) in [5, 5.41) is 6.19. The molecule has 1 aromatic heterocycles. The van der Waals surface area contributed by atoms with Crippen LogP contribution in [0.4, 0.5) is 5.82 Å². The second kappa shape index (κ2) is 5.58. The first-order valence-electron chi connectivity index (χ1n) is 7.86. The minimum atomic E-state index is 0.586. The van der Waals surface area contributed by atoms with Crippen LogP contribution in [0.15, 0.2) is 34.9 Å². The fraction of sp³-hybridized carbons (Fsp3) is 0.471. The Hall–Kier alpha value is -1.13. The van der Waals surface area contributed by atoms with Crippen LogP contribution in [-0.2, 0) is 0 Å². The largest absolute Gasteiger partial charge is 0.352 e. The minimum Gasteiger partial charge on any atom is -0.352 e. The number of hydrogen-bond acceptors (Lipinski definition) is 3. The van der Waals surface area contributed by atoms with Crippen LogP contribution in [0.5, 0.6) is 0 Å². The second-order valence-corrected chi connectivity index (χ2v) is 7.00. The number of halogens is 1. The summed E-state index contributed by atoms with van der Waals surface area (Å²) in [4.78, 5) is 7.20. The van der Waals surface area contributed by atoms with E-state index in [1.165, 1.54) is 36.5 Å². The van der Waals surface area contributed by atoms with E-state index in [4.69, 9.17) is 4.98 Å². The van der Waals surface area contributed by atoms with Crippen molar-refractivity contribution < 1.29 is 0 Å². The molecule has 3 nitrogen and oxygen atoms in total. The molecule has 4 heteroatoms. The summed E-state index contributed by atoms with van der Waals surface area (Å²) < 4.78 is 1.15. The molecule has 1 aliphatic carbocycles. The summed E-state index contributed by atoms with van der Waals surface area (Å²) in [5.74, 6) is 1.15. The van der Waals surface area contributed by atoms with Crippen molar-refractivity contribution in [2.75, 3.05) is 18.0 Å². The molecule has 1 aromatic carbocycles. The highest BCUT2D eigenvalue weighted by molar-refractivity contribution is 9.10. The summed E-state index contributed by atoms with van der Waals surface area (Å²) in [6, 6.07) is 9.85. The number of pyridine rings is 1. The average Bonchev–Trinajstić information content (AvgIpc) is 3.22. The van der Waals surface area contributed by atoms with Gasteiger partial charge in [0, 0.05) is 46.6 Å². The standard InChI is InChI=1S/C17H20BrN3/c18-16-5-1-4-15-14(16)8-9-19-17(15)21-10-2-3-13(21)11-20-12-6-7-12/h1,4-5,8-9,12-13,20H,2-3,6-7,10-11H2. The Labute approximate surface area is 133 Å². The normalized spacial score (nSPS) is 22.1. The molecule has 1 saturated carbocycles. The highest BCUT2D eigenvalue weighted by atomic mass is 79.9. The Bertz CT molecular complexity index is 654. The van der Waals surface area contributed by atoms with Crippen molar-refractivity contribution >= 4 is 32.5 Å². The third-order valence-corrected chi connectivity index (χ3v) is 5.29. The van der Waals surface area contributed by atoms with Gasteiger partial charge in [-0.3, -0.25) is 0 Å². The van der Waals surface area contributed by atoms with Crippen LogP contribution >= 0.6 is 15.9 Å². The van der Waals surface area contributed by atoms with E-state index in [0.717, 1.165) is 29.4 Å². The third-order valence-electron chi connectivity index (χ3n) is 4.60. The Balaban J connectivity index is 1.66. The number of benzene rings is 1. The Morgan fingerprint density at radius 2 is 2.10 bits per heavy atom. The van der Waals surface area contributed by atoms with E-state index in [1.54, 1.807) is 0 Å². The molecule has 1 aliphatic heterocycles. The molecule has 2 aromatic rings. The Morgan fingerprint density at radius 3 is 2.95 bits per heavy atom. The molecule has 110 valence electrons. The smallest absolute Gasteiger partial charge is 0.136 e. The molecule has 2 fully saturated rings. The number of nitrogens with zero attached hydrogens (tertiary/aromatic N) is 2. The highest BCUT2D eigenvalue weighted by Gasteiger charge is 2.29. The number of hydrogen-bond donors (Lipinski definition) is 1. The first kappa shape index (κ1) is 13.5. The van der Waals surface area contributed by atoms with Gasteiger partial charge in [0.2, 0.25) is 0 Å². The fourth-order valence-corrected chi connectivity index (χ4v) is 3.80. The number of fused-ring (bicyclic) bond motifs is 1. The van der Waals surface area contributed by atoms with Crippen molar-refractivity contribution in [1.29, 1.82) is 0 Å². The summed E-state index contributed by atoms with van der Waals surface area (Å²) >= 11 is 3.65. The van der Waals surface area contributed by atoms with Gasteiger partial charge in [0.25, 0.3) is 0 Å². The zero-order valence-corrected chi connectivity index (χ0v) is 13.6. The quantitative estimate of drug-likeness (QED) is 0.915. The van der Waals surface area contributed by atoms with Crippen molar-refractivity contribution in [3.8, 4) is 0 Å². The van der Waals surface area contributed by atoms with E-state index >= 15 is 0 Å². The maximum absolute atomic E-state index is 4.70. The number of anilines is 1. The second-order valence-electron chi connectivity index (χ2n) is 6.14. The zero-order valence-electron chi connectivity index (χ0n) is 12.1. The molecule has 0 bridgehead atoms. The molecule has 0 radical (unpaired) electrons. The van der Waals surface area contributed by atoms with Crippen molar-refractivity contribution in [2.24, 2.45) is 0 Å². The lowest BCUT2D eigenvalue weighted by atomic mass is 10.1. The molecule has 2 heterocycles. The lowest BCUT2D eigenvalue weighted by Crippen LogP contribution is -2.39. The first-order valence-corrected chi connectivity index (χ1v) is 8.65. The Morgan fingerprint density at radius 1 is 1.19 bits per heavy atom. The lowest BCUT2D eigenvalue weighted by molar-refractivity contribution is 0.569. The van der Waals surface area contributed by atoms with Crippen molar-refractivity contribution in [3.05, 3.63) is 34.9 Å². The summed E-state index contributed by atoms with van der Waals surface area (Å²) in [7, 11) is 0. The van der Waals surface area contributed by atoms with Crippen LogP contribution in [0.1, 0.15) is 25.7 Å². The van der Waals surface area contributed by atoms with Crippen molar-refractivity contribution in [3.63, 3.8) is 0 Å². The van der Waals surface area contributed by atoms with Gasteiger partial charge < -0.3 is 10.2 Å². The van der Waals surface area contributed by atoms with E-state index in [1.807, 2.05) is 6.20 Å². The number of nitrogens with one attached hydrogen (secondary N) is 1. The van der Waals surface area contributed by atoms with Gasteiger partial charge in [0.15, 0.2) is 0 Å². The SMILES string of the molecule is Brc1cccc2c(N3CCCC3CNC3CC3)nccc12. The van der Waals surface area contributed by atoms with E-state index in [0.29, 0.717) is 6.04 Å². The maximum Gasteiger partial charge on any atom is 0.136 e. The predicted octanol–water partition coefficient (Wildman–Crippen LogP) is 3.72. The Kier molecular flexibility index (Phi) is 3.59. The minimum absolute atomic E-state index is 0.586. The molecule has 1 atom stereocenters. The molecule has 1 saturated heterocycles. The number of rotatable bonds is 4. The number of aromatic nitrogens is 1. The van der Waals surface area contributed by atoms with E-state index in [9.17, 15) is 0 Å². The van der Waals surface area contributed by atoms with Gasteiger partial charge in [-0.25, -0.2) is 4.98 Å². The molecule has 0 amide bonds. The lowest BCUT2D eigenvalue weighted by Gasteiger charge is -2.27. The maximum atomic E-state index is 4.70. The van der Waals surface area contributed by atoms with Gasteiger partial charge in [0.1, 0.15) is 5.82 Å². The van der Waals surface area contributed by atoms with Gasteiger partial charge >= 0.3 is 0 Å². The van der Waals surface area contributed by atoms with Gasteiger partial charge in [-0.2, -0.15) is 0 Å². The van der Waals surface area contributed by atoms with E-state index in [2.05, 4.69) is 50.4 Å². The molecule has 0 spiro atoms. The van der Waals surface area contributed by atoms with Crippen LogP contribution in [0.3, 0.4) is 0 Å². The molecule has 2 aliphatic rings. The molecule has 1 unspecified atom stereocenters. The van der Waals surface area contributed by atoms with Gasteiger partial charge in [-0.1, -0.05) is 28.1 Å². The molecule has 4 rings (SSSR count). The van der Waals surface area contributed by atoms with E-state index in [-0.39, 0.29) is 0 Å². The summed E-state index contributed by atoms with van der Waals surface area (Å²) in [6.07, 6.45) is 7.18. The van der Waals surface area contributed by atoms with Crippen LogP contribution in [0, 0.1) is 0 Å². The third kappa shape index (κ3) is 2.67. The molecular formula is C17H20BrN3. The highest BCUT2D eigenvalue weighted by Crippen LogP contribution is 2.33. The van der Waals surface area contributed by atoms with Gasteiger partial charge in [-0.15, -0.1) is 0 Å². The fourth-order valence-electron chi connectivity index (χ4n) is 3.30. The molecular weight excluding hydrogens is 326 g/mol. The van der Waals surface area contributed by atoms with Crippen molar-refractivity contribution in [1.82, 2.24) is 10.3 Å². The monoisotopic (exact) mass is 345 g/mol. The first-order chi connectivity index (χ1) is 10.3. The van der Waals surface area contributed by atoms with Crippen LogP contribution in [-0.4, -0.2) is 30.2 Å². The van der Waals surface area contributed by atoms with E-state index < -0.39 is 0 Å². The average molecular weight is 346 g/mol. The van der Waals surface area contributed by atoms with Crippen LogP contribution < -0.4 is 10.2 Å². The van der Waals surface area contributed by atoms with Gasteiger partial charge in [-0.05, 0) is 37.8 Å². The van der Waals surface area contributed by atoms with Crippen LogP contribution in [0.25, 0.3) is 10.8 Å². The zero-order chi connectivity index (χ0) is 14.2. The summed E-state index contributed by atoms with van der Waals surface area (Å²) in [5.41, 5.74) is 0. The molecule has 21 heavy (non-hydrogen) atoms. The molecule has 1 N–H and O–H groups in total. The topological polar surface area (TPSA) is 28.2 Å². The van der Waals surface area contributed by atoms with Gasteiger partial charge in [0.05, 0.1) is 0 Å². The predicted molar refractivity (Wildman–Crippen MR) is 90.8 cm³/mol.